The third-order valence-corrected chi connectivity index (χ3v) is 2.21. The van der Waals surface area contributed by atoms with E-state index in [1.165, 1.54) is 0 Å². The minimum atomic E-state index is -0.0293. The van der Waals surface area contributed by atoms with Crippen LogP contribution in [-0.2, 0) is 6.54 Å². The van der Waals surface area contributed by atoms with Crippen molar-refractivity contribution in [2.45, 2.75) is 19.9 Å². The number of carbonyl (C=O) groups is 1. The Balaban J connectivity index is 2.77. The van der Waals surface area contributed by atoms with E-state index in [9.17, 15) is 9.59 Å². The summed E-state index contributed by atoms with van der Waals surface area (Å²) < 4.78 is 1.55. The number of pyridine rings is 1. The first-order chi connectivity index (χ1) is 5.70. The first-order valence-electron chi connectivity index (χ1n) is 3.94. The summed E-state index contributed by atoms with van der Waals surface area (Å²) >= 11 is 0. The molecule has 2 heterocycles. The van der Waals surface area contributed by atoms with Gasteiger partial charge in [-0.3, -0.25) is 9.59 Å². The predicted molar refractivity (Wildman–Crippen MR) is 44.4 cm³/mol. The minimum Gasteiger partial charge on any atom is -0.305 e. The SMILES string of the molecule is Cc1ccc2n(c1=O)CCC2=O. The topological polar surface area (TPSA) is 39.1 Å². The average Bonchev–Trinajstić information content (AvgIpc) is 2.41. The van der Waals surface area contributed by atoms with Crippen molar-refractivity contribution in [3.05, 3.63) is 33.7 Å². The lowest BCUT2D eigenvalue weighted by Crippen LogP contribution is -2.21. The van der Waals surface area contributed by atoms with Crippen LogP contribution in [0, 0.1) is 6.92 Å². The van der Waals surface area contributed by atoms with Gasteiger partial charge in [0, 0.05) is 18.5 Å². The molecule has 1 aromatic heterocycles. The molecule has 12 heavy (non-hydrogen) atoms. The van der Waals surface area contributed by atoms with Gasteiger partial charge in [0.25, 0.3) is 5.56 Å². The van der Waals surface area contributed by atoms with Gasteiger partial charge in [-0.25, -0.2) is 0 Å². The van der Waals surface area contributed by atoms with Crippen molar-refractivity contribution in [3.63, 3.8) is 0 Å². The molecule has 1 aliphatic rings. The highest BCUT2D eigenvalue weighted by molar-refractivity contribution is 5.96. The smallest absolute Gasteiger partial charge is 0.254 e. The number of hydrogen-bond acceptors (Lipinski definition) is 2. The highest BCUT2D eigenvalue weighted by Crippen LogP contribution is 2.11. The maximum absolute atomic E-state index is 11.4. The lowest BCUT2D eigenvalue weighted by molar-refractivity contribution is 0.0994. The quantitative estimate of drug-likeness (QED) is 0.566. The fourth-order valence-electron chi connectivity index (χ4n) is 1.49. The van der Waals surface area contributed by atoms with Crippen molar-refractivity contribution in [2.75, 3.05) is 0 Å². The normalized spacial score (nSPS) is 14.9. The van der Waals surface area contributed by atoms with Gasteiger partial charge in [0.1, 0.15) is 0 Å². The number of carbonyl (C=O) groups excluding carboxylic acids is 1. The largest absolute Gasteiger partial charge is 0.305 e. The first-order valence-corrected chi connectivity index (χ1v) is 3.94. The van der Waals surface area contributed by atoms with Gasteiger partial charge in [0.05, 0.1) is 5.69 Å². The summed E-state index contributed by atoms with van der Waals surface area (Å²) in [5, 5.41) is 0. The molecule has 3 heteroatoms. The van der Waals surface area contributed by atoms with Crippen LogP contribution in [0.1, 0.15) is 22.5 Å². The Labute approximate surface area is 69.6 Å². The van der Waals surface area contributed by atoms with Crippen LogP contribution in [0.5, 0.6) is 0 Å². The van der Waals surface area contributed by atoms with Gasteiger partial charge < -0.3 is 4.57 Å². The number of rotatable bonds is 0. The molecule has 0 unspecified atom stereocenters. The number of hydrogen-bond donors (Lipinski definition) is 0. The van der Waals surface area contributed by atoms with Crippen LogP contribution in [0.4, 0.5) is 0 Å². The van der Waals surface area contributed by atoms with Gasteiger partial charge in [-0.15, -0.1) is 0 Å². The Morgan fingerprint density at radius 1 is 1.33 bits per heavy atom. The number of ketones is 1. The molecule has 0 amide bonds. The van der Waals surface area contributed by atoms with E-state index in [2.05, 4.69) is 0 Å². The van der Waals surface area contributed by atoms with Crippen molar-refractivity contribution in [2.24, 2.45) is 0 Å². The highest BCUT2D eigenvalue weighted by Gasteiger charge is 2.19. The van der Waals surface area contributed by atoms with Crippen LogP contribution in [0.3, 0.4) is 0 Å². The Kier molecular flexibility index (Phi) is 1.40. The molecule has 0 aromatic carbocycles. The second kappa shape index (κ2) is 2.30. The summed E-state index contributed by atoms with van der Waals surface area (Å²) in [6.07, 6.45) is 0.471. The van der Waals surface area contributed by atoms with E-state index >= 15 is 0 Å². The molecular formula is C9H9NO2. The Hall–Kier alpha value is -1.38. The van der Waals surface area contributed by atoms with Crippen LogP contribution in [-0.4, -0.2) is 10.4 Å². The minimum absolute atomic E-state index is 0.0293. The van der Waals surface area contributed by atoms with E-state index in [-0.39, 0.29) is 11.3 Å². The van der Waals surface area contributed by atoms with Crippen molar-refractivity contribution in [1.82, 2.24) is 4.57 Å². The number of fused-ring (bicyclic) bond motifs is 1. The van der Waals surface area contributed by atoms with E-state index in [1.807, 2.05) is 0 Å². The van der Waals surface area contributed by atoms with Crippen molar-refractivity contribution >= 4 is 5.78 Å². The number of Topliss-reactive ketones (excluding diaryl/α,β-unsaturated/α-hetero) is 1. The molecule has 1 aromatic rings. The second-order valence-electron chi connectivity index (χ2n) is 3.03. The Morgan fingerprint density at radius 2 is 2.08 bits per heavy atom. The standard InChI is InChI=1S/C9H9NO2/c1-6-2-3-7-8(11)4-5-10(7)9(6)12/h2-3H,4-5H2,1H3. The van der Waals surface area contributed by atoms with Gasteiger partial charge in [-0.2, -0.15) is 0 Å². The highest BCUT2D eigenvalue weighted by atomic mass is 16.1. The molecule has 0 spiro atoms. The van der Waals surface area contributed by atoms with E-state index in [0.29, 0.717) is 24.2 Å². The monoisotopic (exact) mass is 163 g/mol. The molecule has 0 fully saturated rings. The number of aromatic nitrogens is 1. The molecule has 0 aliphatic carbocycles. The zero-order chi connectivity index (χ0) is 8.72. The van der Waals surface area contributed by atoms with E-state index in [1.54, 1.807) is 23.6 Å². The summed E-state index contributed by atoms with van der Waals surface area (Å²) in [6.45, 7) is 2.31. The lowest BCUT2D eigenvalue weighted by Gasteiger charge is -2.00. The third-order valence-electron chi connectivity index (χ3n) is 2.21. The molecular weight excluding hydrogens is 154 g/mol. The van der Waals surface area contributed by atoms with Crippen LogP contribution in [0.15, 0.2) is 16.9 Å². The molecule has 0 saturated carbocycles. The fraction of sp³-hybridized carbons (Fsp3) is 0.333. The maximum atomic E-state index is 11.4. The summed E-state index contributed by atoms with van der Waals surface area (Å²) in [5.41, 5.74) is 1.23. The maximum Gasteiger partial charge on any atom is 0.254 e. The molecule has 0 atom stereocenters. The molecule has 3 nitrogen and oxygen atoms in total. The lowest BCUT2D eigenvalue weighted by atomic mass is 10.2. The van der Waals surface area contributed by atoms with Crippen LogP contribution in [0.25, 0.3) is 0 Å². The molecule has 0 N–H and O–H groups in total. The van der Waals surface area contributed by atoms with Gasteiger partial charge in [-0.1, -0.05) is 6.07 Å². The van der Waals surface area contributed by atoms with E-state index in [4.69, 9.17) is 0 Å². The van der Waals surface area contributed by atoms with Crippen molar-refractivity contribution < 1.29 is 4.79 Å². The molecule has 2 rings (SSSR count). The first kappa shape index (κ1) is 7.28. The summed E-state index contributed by atoms with van der Waals surface area (Å²) in [5.74, 6) is 0.0760. The van der Waals surface area contributed by atoms with Crippen LogP contribution in [0.2, 0.25) is 0 Å². The Morgan fingerprint density at radius 3 is 2.83 bits per heavy atom. The van der Waals surface area contributed by atoms with E-state index in [0.717, 1.165) is 0 Å². The predicted octanol–water partition coefficient (Wildman–Crippen LogP) is 0.743. The van der Waals surface area contributed by atoms with Crippen LogP contribution < -0.4 is 5.56 Å². The molecule has 0 saturated heterocycles. The molecule has 0 radical (unpaired) electrons. The second-order valence-corrected chi connectivity index (χ2v) is 3.03. The van der Waals surface area contributed by atoms with Gasteiger partial charge in [0.15, 0.2) is 5.78 Å². The fourth-order valence-corrected chi connectivity index (χ4v) is 1.49. The van der Waals surface area contributed by atoms with Crippen LogP contribution >= 0.6 is 0 Å². The summed E-state index contributed by atoms with van der Waals surface area (Å²) in [6, 6.07) is 3.43. The van der Waals surface area contributed by atoms with Gasteiger partial charge in [0.2, 0.25) is 0 Å². The Bertz CT molecular complexity index is 403. The summed E-state index contributed by atoms with van der Waals surface area (Å²) in [7, 11) is 0. The third kappa shape index (κ3) is 0.826. The number of nitrogens with zero attached hydrogens (tertiary/aromatic N) is 1. The number of aryl methyl sites for hydroxylation is 1. The van der Waals surface area contributed by atoms with Crippen molar-refractivity contribution in [1.29, 1.82) is 0 Å². The van der Waals surface area contributed by atoms with Crippen molar-refractivity contribution in [3.8, 4) is 0 Å². The zero-order valence-electron chi connectivity index (χ0n) is 6.83. The average molecular weight is 163 g/mol. The van der Waals surface area contributed by atoms with E-state index < -0.39 is 0 Å². The zero-order valence-corrected chi connectivity index (χ0v) is 6.83. The van der Waals surface area contributed by atoms with Gasteiger partial charge >= 0.3 is 0 Å². The molecule has 1 aliphatic heterocycles. The van der Waals surface area contributed by atoms with Gasteiger partial charge in [-0.05, 0) is 13.0 Å². The summed E-state index contributed by atoms with van der Waals surface area (Å²) in [4.78, 5) is 22.6. The molecule has 62 valence electrons. The molecule has 0 bridgehead atoms.